The zero-order valence-corrected chi connectivity index (χ0v) is 18.3. The molecule has 2 fully saturated rings. The zero-order valence-electron chi connectivity index (χ0n) is 16.5. The Balaban J connectivity index is 1.79. The standard InChI is InChI=1S/C14H19N5O11P2/c1-14(2)29-7-6(5(20)12(31(22,23)24)32(25,26)27)28-11(8(7)30-14)19-3-16-4-9(19)17-13(15)18-10(4)21/h3,6-8,11-12,22-24H,1-2H3,(H4-,15,17,18,21,25,26,27)/p+1/t6-,7-,8-,11-,12?/m1/s1. The first-order valence-corrected chi connectivity index (χ1v) is 12.4. The van der Waals surface area contributed by atoms with Crippen molar-refractivity contribution in [3.05, 3.63) is 16.7 Å². The molecule has 2 aromatic rings. The Kier molecular flexibility index (Phi) is 5.34. The molecule has 32 heavy (non-hydrogen) atoms. The van der Waals surface area contributed by atoms with E-state index in [1.54, 1.807) is 0 Å². The van der Waals surface area contributed by atoms with Gasteiger partial charge in [0.1, 0.15) is 12.2 Å². The summed E-state index contributed by atoms with van der Waals surface area (Å²) in [4.78, 5) is 82.8. The number of nitrogens with one attached hydrogen (secondary N) is 1. The number of nitrogens with two attached hydrogens (primary N) is 1. The van der Waals surface area contributed by atoms with Gasteiger partial charge in [0, 0.05) is 0 Å². The molecule has 176 valence electrons. The van der Waals surface area contributed by atoms with Crippen LogP contribution < -0.4 is 11.3 Å². The Morgan fingerprint density at radius 2 is 1.94 bits per heavy atom. The number of aromatic nitrogens is 4. The summed E-state index contributed by atoms with van der Waals surface area (Å²) in [7, 11) is -10.9. The molecule has 0 bridgehead atoms. The van der Waals surface area contributed by atoms with Crippen molar-refractivity contribution in [3.8, 4) is 0 Å². The quantitative estimate of drug-likeness (QED) is 0.220. The van der Waals surface area contributed by atoms with Gasteiger partial charge in [-0.25, -0.2) is 4.98 Å². The number of hydrogen-bond acceptors (Lipinski definition) is 12. The van der Waals surface area contributed by atoms with Gasteiger partial charge in [0.05, 0.1) is 6.33 Å². The highest BCUT2D eigenvalue weighted by molar-refractivity contribution is 7.76. The number of carbonyl (C=O) groups is 1. The van der Waals surface area contributed by atoms with E-state index >= 15 is 0 Å². The number of nitrogens with zero attached hydrogens (tertiary/aromatic N) is 3. The largest absolute Gasteiger partial charge is 0.427 e. The van der Waals surface area contributed by atoms with E-state index in [1.165, 1.54) is 18.4 Å². The Labute approximate surface area is 178 Å². The number of hydrogen-bond donors (Lipinski definition) is 7. The Morgan fingerprint density at radius 3 is 2.53 bits per heavy atom. The lowest BCUT2D eigenvalue weighted by Crippen LogP contribution is -2.42. The van der Waals surface area contributed by atoms with E-state index in [0.717, 1.165) is 6.33 Å². The van der Waals surface area contributed by atoms with Gasteiger partial charge < -0.3 is 29.7 Å². The third-order valence-electron chi connectivity index (χ3n) is 4.94. The highest BCUT2D eigenvalue weighted by Gasteiger charge is 2.66. The van der Waals surface area contributed by atoms with E-state index in [4.69, 9.17) is 19.9 Å². The summed E-state index contributed by atoms with van der Waals surface area (Å²) in [6.45, 7) is 3.03. The molecule has 0 aromatic carbocycles. The van der Waals surface area contributed by atoms with Crippen LogP contribution in [0.3, 0.4) is 0 Å². The van der Waals surface area contributed by atoms with Gasteiger partial charge in [0.15, 0.2) is 29.3 Å². The lowest BCUT2D eigenvalue weighted by atomic mass is 10.1. The number of carbonyl (C=O) groups excluding carboxylic acids is 1. The van der Waals surface area contributed by atoms with Crippen molar-refractivity contribution in [2.45, 2.75) is 49.6 Å². The molecule has 2 aliphatic heterocycles. The molecule has 4 rings (SSSR count). The average Bonchev–Trinajstić information content (AvgIpc) is 3.22. The lowest BCUT2D eigenvalue weighted by Gasteiger charge is -2.25. The number of fused-ring (bicyclic) bond motifs is 2. The molecular formula is C14H20N5O11P2+. The van der Waals surface area contributed by atoms with Crippen LogP contribution in [0.25, 0.3) is 11.2 Å². The van der Waals surface area contributed by atoms with Crippen molar-refractivity contribution in [2.24, 2.45) is 0 Å². The molecule has 18 heteroatoms. The number of ether oxygens (including phenoxy) is 3. The van der Waals surface area contributed by atoms with Gasteiger partial charge in [-0.2, -0.15) is 19.7 Å². The second-order valence-corrected chi connectivity index (χ2v) is 11.6. The first kappa shape index (κ1) is 23.3. The Bertz CT molecular complexity index is 1180. The van der Waals surface area contributed by atoms with E-state index < -0.39 is 62.6 Å². The number of aromatic amines is 1. The molecule has 5 atom stereocenters. The van der Waals surface area contributed by atoms with Crippen LogP contribution in [0.15, 0.2) is 11.1 Å². The molecule has 0 amide bonds. The maximum absolute atomic E-state index is 13.0. The van der Waals surface area contributed by atoms with Gasteiger partial charge in [-0.15, -0.1) is 0 Å². The van der Waals surface area contributed by atoms with E-state index in [1.807, 2.05) is 0 Å². The smallest absolute Gasteiger partial charge is 0.369 e. The van der Waals surface area contributed by atoms with Crippen molar-refractivity contribution in [2.75, 3.05) is 5.73 Å². The monoisotopic (exact) mass is 496 g/mol. The van der Waals surface area contributed by atoms with Gasteiger partial charge >= 0.3 is 20.9 Å². The minimum Gasteiger partial charge on any atom is -0.369 e. The van der Waals surface area contributed by atoms with Gasteiger partial charge in [0.25, 0.3) is 5.56 Å². The second-order valence-electron chi connectivity index (χ2n) is 7.77. The molecule has 8 N–H and O–H groups in total. The maximum atomic E-state index is 13.0. The minimum atomic E-state index is -5.53. The fraction of sp³-hybridized carbons (Fsp3) is 0.571. The van der Waals surface area contributed by atoms with E-state index in [-0.39, 0.29) is 17.1 Å². The summed E-state index contributed by atoms with van der Waals surface area (Å²) >= 11 is 0. The molecule has 2 aromatic heterocycles. The molecule has 4 heterocycles. The summed E-state index contributed by atoms with van der Waals surface area (Å²) in [6, 6.07) is 0. The van der Waals surface area contributed by atoms with Gasteiger partial charge in [0.2, 0.25) is 11.7 Å². The second kappa shape index (κ2) is 7.33. The predicted molar refractivity (Wildman–Crippen MR) is 105 cm³/mol. The summed E-state index contributed by atoms with van der Waals surface area (Å²) < 4.78 is 30.1. The molecule has 1 unspecified atom stereocenters. The number of anilines is 1. The minimum absolute atomic E-state index is 0.0312. The van der Waals surface area contributed by atoms with Crippen molar-refractivity contribution < 1.29 is 48.0 Å². The van der Waals surface area contributed by atoms with Crippen molar-refractivity contribution in [1.82, 2.24) is 19.5 Å². The van der Waals surface area contributed by atoms with Crippen LogP contribution in [0.2, 0.25) is 0 Å². The highest BCUT2D eigenvalue weighted by Crippen LogP contribution is 2.66. The first-order valence-electron chi connectivity index (χ1n) is 8.99. The van der Waals surface area contributed by atoms with Gasteiger partial charge in [-0.3, -0.25) is 23.7 Å². The van der Waals surface area contributed by atoms with E-state index in [0.29, 0.717) is 0 Å². The fourth-order valence-corrected chi connectivity index (χ4v) is 6.43. The molecule has 0 saturated carbocycles. The summed E-state index contributed by atoms with van der Waals surface area (Å²) in [6.07, 6.45) is -4.19. The molecule has 0 aliphatic carbocycles. The number of imidazole rings is 1. The number of nitrogen functional groups attached to an aromatic ring is 1. The normalized spacial score (nSPS) is 28.7. The number of H-pyrrole nitrogens is 1. The molecule has 0 spiro atoms. The average molecular weight is 496 g/mol. The van der Waals surface area contributed by atoms with Crippen molar-refractivity contribution in [3.63, 3.8) is 0 Å². The molecular weight excluding hydrogens is 476 g/mol. The van der Waals surface area contributed by atoms with Crippen LogP contribution in [0.1, 0.15) is 20.1 Å². The lowest BCUT2D eigenvalue weighted by molar-refractivity contribution is -0.196. The van der Waals surface area contributed by atoms with Crippen LogP contribution in [0, 0.1) is 0 Å². The summed E-state index contributed by atoms with van der Waals surface area (Å²) in [5.74, 6) is -2.99. The van der Waals surface area contributed by atoms with Crippen LogP contribution >= 0.6 is 15.5 Å². The van der Waals surface area contributed by atoms with Crippen LogP contribution in [0.5, 0.6) is 0 Å². The SMILES string of the molecule is CC1(C)O[C@@H]2[C@H](O1)[C@@H](C(=O)C(P(=O)(O)O)[P+](O)(O)O)O[C@H]2n1cnc2c(=O)[nH]c(N)nc21. The number of rotatable bonds is 5. The Morgan fingerprint density at radius 1 is 1.31 bits per heavy atom. The van der Waals surface area contributed by atoms with Crippen molar-refractivity contribution in [1.29, 1.82) is 0 Å². The van der Waals surface area contributed by atoms with E-state index in [2.05, 4.69) is 15.0 Å². The molecule has 2 saturated heterocycles. The fourth-order valence-electron chi connectivity index (χ4n) is 3.84. The zero-order chi connectivity index (χ0) is 23.8. The molecule has 16 nitrogen and oxygen atoms in total. The third kappa shape index (κ3) is 3.88. The number of ketones is 1. The van der Waals surface area contributed by atoms with Crippen LogP contribution in [0.4, 0.5) is 5.95 Å². The predicted octanol–water partition coefficient (Wildman–Crippen LogP) is -2.07. The maximum Gasteiger partial charge on any atom is 0.427 e. The Hall–Kier alpha value is -1.84. The van der Waals surface area contributed by atoms with Crippen LogP contribution in [-0.4, -0.2) is 79.3 Å². The van der Waals surface area contributed by atoms with E-state index in [9.17, 15) is 38.6 Å². The summed E-state index contributed by atoms with van der Waals surface area (Å²) in [5.41, 5.74) is 4.81. The molecule has 2 aliphatic rings. The highest BCUT2D eigenvalue weighted by atomic mass is 31.3. The van der Waals surface area contributed by atoms with Gasteiger partial charge in [-0.05, 0) is 13.8 Å². The number of Topliss-reactive ketones (excluding diaryl/α,β-unsaturated/α-hetero) is 1. The first-order chi connectivity index (χ1) is 14.6. The van der Waals surface area contributed by atoms with Crippen molar-refractivity contribution >= 4 is 38.4 Å². The topological polar surface area (TPSA) is 253 Å². The van der Waals surface area contributed by atoms with Crippen LogP contribution in [-0.2, 0) is 23.6 Å². The molecule has 0 radical (unpaired) electrons. The van der Waals surface area contributed by atoms with Gasteiger partial charge in [-0.1, -0.05) is 0 Å². The summed E-state index contributed by atoms with van der Waals surface area (Å²) in [5, 5.41) is -2.84. The third-order valence-corrected chi connectivity index (χ3v) is 8.57.